The molecule has 0 fully saturated rings. The number of rotatable bonds is 7. The Morgan fingerprint density at radius 3 is 2.03 bits per heavy atom. The van der Waals surface area contributed by atoms with Gasteiger partial charge in [-0.2, -0.15) is 13.2 Å². The van der Waals surface area contributed by atoms with Gasteiger partial charge in [-0.05, 0) is 53.6 Å². The standard InChI is InChI=1S/C25H23F3O/c1-18-7-8-22(17-24(18)25(26,27)28)16-23(29)14-13-19-9-11-21(12-10-19)15-20-5-3-2-4-6-20/h2-12,17H,13-16H2,1H3. The van der Waals surface area contributed by atoms with Crippen LogP contribution >= 0.6 is 0 Å². The molecule has 0 spiro atoms. The van der Waals surface area contributed by atoms with Crippen LogP contribution < -0.4 is 0 Å². The summed E-state index contributed by atoms with van der Waals surface area (Å²) in [5.41, 5.74) is 3.40. The second-order valence-electron chi connectivity index (χ2n) is 7.34. The van der Waals surface area contributed by atoms with E-state index in [0.29, 0.717) is 18.4 Å². The van der Waals surface area contributed by atoms with Gasteiger partial charge in [-0.1, -0.05) is 66.7 Å². The average Bonchev–Trinajstić information content (AvgIpc) is 2.69. The molecule has 0 bridgehead atoms. The summed E-state index contributed by atoms with van der Waals surface area (Å²) in [6.45, 7) is 1.43. The maximum Gasteiger partial charge on any atom is 0.416 e. The highest BCUT2D eigenvalue weighted by molar-refractivity contribution is 5.81. The van der Waals surface area contributed by atoms with Gasteiger partial charge in [0.15, 0.2) is 0 Å². The number of hydrogen-bond acceptors (Lipinski definition) is 1. The molecule has 0 amide bonds. The van der Waals surface area contributed by atoms with E-state index in [1.165, 1.54) is 24.1 Å². The molecule has 3 aromatic rings. The lowest BCUT2D eigenvalue weighted by Gasteiger charge is -2.12. The summed E-state index contributed by atoms with van der Waals surface area (Å²) in [5.74, 6) is -0.0599. The quantitative estimate of drug-likeness (QED) is 0.455. The van der Waals surface area contributed by atoms with E-state index in [4.69, 9.17) is 0 Å². The number of benzene rings is 3. The number of Topliss-reactive ketones (excluding diaryl/α,β-unsaturated/α-hetero) is 1. The van der Waals surface area contributed by atoms with E-state index in [2.05, 4.69) is 24.3 Å². The molecule has 0 aliphatic carbocycles. The molecule has 0 N–H and O–H groups in total. The molecular formula is C25H23F3O. The third-order valence-corrected chi connectivity index (χ3v) is 4.98. The second kappa shape index (κ2) is 9.08. The van der Waals surface area contributed by atoms with Crippen molar-refractivity contribution < 1.29 is 18.0 Å². The zero-order valence-electron chi connectivity index (χ0n) is 16.3. The van der Waals surface area contributed by atoms with Gasteiger partial charge in [0.1, 0.15) is 5.78 Å². The Hall–Kier alpha value is -2.88. The average molecular weight is 396 g/mol. The van der Waals surface area contributed by atoms with Crippen LogP contribution in [-0.4, -0.2) is 5.78 Å². The van der Waals surface area contributed by atoms with Crippen LogP contribution in [-0.2, 0) is 30.2 Å². The third kappa shape index (κ3) is 6.05. The molecule has 29 heavy (non-hydrogen) atoms. The lowest BCUT2D eigenvalue weighted by atomic mass is 9.98. The number of hydrogen-bond donors (Lipinski definition) is 0. The molecule has 1 nitrogen and oxygen atoms in total. The van der Waals surface area contributed by atoms with Gasteiger partial charge < -0.3 is 0 Å². The normalized spacial score (nSPS) is 11.4. The summed E-state index contributed by atoms with van der Waals surface area (Å²) < 4.78 is 39.1. The number of carbonyl (C=O) groups excluding carboxylic acids is 1. The minimum absolute atomic E-state index is 0.0233. The summed E-state index contributed by atoms with van der Waals surface area (Å²) in [5, 5.41) is 0. The molecule has 150 valence electrons. The van der Waals surface area contributed by atoms with Crippen molar-refractivity contribution in [3.63, 3.8) is 0 Å². The fourth-order valence-corrected chi connectivity index (χ4v) is 3.34. The van der Waals surface area contributed by atoms with Crippen molar-refractivity contribution >= 4 is 5.78 Å². The summed E-state index contributed by atoms with van der Waals surface area (Å²) in [4.78, 5) is 12.3. The largest absolute Gasteiger partial charge is 0.416 e. The predicted octanol–water partition coefficient (Wildman–Crippen LogP) is 6.35. The maximum atomic E-state index is 13.0. The first kappa shape index (κ1) is 20.8. The van der Waals surface area contributed by atoms with Crippen molar-refractivity contribution in [1.29, 1.82) is 0 Å². The smallest absolute Gasteiger partial charge is 0.299 e. The van der Waals surface area contributed by atoms with E-state index >= 15 is 0 Å². The van der Waals surface area contributed by atoms with E-state index < -0.39 is 11.7 Å². The summed E-state index contributed by atoms with van der Waals surface area (Å²) in [7, 11) is 0. The molecule has 0 saturated carbocycles. The highest BCUT2D eigenvalue weighted by Gasteiger charge is 2.32. The minimum Gasteiger partial charge on any atom is -0.299 e. The Morgan fingerprint density at radius 2 is 1.38 bits per heavy atom. The van der Waals surface area contributed by atoms with Gasteiger partial charge in [0.05, 0.1) is 5.56 Å². The molecule has 0 saturated heterocycles. The molecule has 0 radical (unpaired) electrons. The Kier molecular flexibility index (Phi) is 6.53. The molecule has 0 aromatic heterocycles. The number of halogens is 3. The number of carbonyl (C=O) groups is 1. The molecule has 3 rings (SSSR count). The number of ketones is 1. The van der Waals surface area contributed by atoms with Crippen LogP contribution in [0.3, 0.4) is 0 Å². The van der Waals surface area contributed by atoms with E-state index in [9.17, 15) is 18.0 Å². The lowest BCUT2D eigenvalue weighted by Crippen LogP contribution is -2.10. The van der Waals surface area contributed by atoms with Crippen LogP contribution in [0.5, 0.6) is 0 Å². The van der Waals surface area contributed by atoms with Crippen LogP contribution in [0, 0.1) is 6.92 Å². The van der Waals surface area contributed by atoms with Gasteiger partial charge in [0, 0.05) is 12.8 Å². The minimum atomic E-state index is -4.40. The van der Waals surface area contributed by atoms with E-state index in [-0.39, 0.29) is 17.8 Å². The Morgan fingerprint density at radius 1 is 0.793 bits per heavy atom. The molecular weight excluding hydrogens is 373 g/mol. The molecule has 4 heteroatoms. The van der Waals surface area contributed by atoms with Crippen molar-refractivity contribution in [2.75, 3.05) is 0 Å². The first-order valence-corrected chi connectivity index (χ1v) is 9.61. The van der Waals surface area contributed by atoms with Crippen molar-refractivity contribution in [3.05, 3.63) is 106 Å². The van der Waals surface area contributed by atoms with Gasteiger partial charge in [0.2, 0.25) is 0 Å². The van der Waals surface area contributed by atoms with Crippen molar-refractivity contribution in [1.82, 2.24) is 0 Å². The molecule has 0 aliphatic rings. The van der Waals surface area contributed by atoms with Crippen LogP contribution in [0.4, 0.5) is 13.2 Å². The predicted molar refractivity (Wildman–Crippen MR) is 109 cm³/mol. The van der Waals surface area contributed by atoms with Gasteiger partial charge >= 0.3 is 6.18 Å². The van der Waals surface area contributed by atoms with Crippen LogP contribution in [0.2, 0.25) is 0 Å². The first-order chi connectivity index (χ1) is 13.8. The zero-order chi connectivity index (χ0) is 20.9. The number of alkyl halides is 3. The molecule has 0 unspecified atom stereocenters. The van der Waals surface area contributed by atoms with Crippen LogP contribution in [0.15, 0.2) is 72.8 Å². The number of aryl methyl sites for hydroxylation is 2. The summed E-state index contributed by atoms with van der Waals surface area (Å²) in [6.07, 6.45) is -2.62. The SMILES string of the molecule is Cc1ccc(CC(=O)CCc2ccc(Cc3ccccc3)cc2)cc1C(F)(F)F. The Labute approximate surface area is 169 Å². The molecule has 3 aromatic carbocycles. The van der Waals surface area contributed by atoms with Gasteiger partial charge in [0.25, 0.3) is 0 Å². The van der Waals surface area contributed by atoms with E-state index in [1.54, 1.807) is 6.07 Å². The van der Waals surface area contributed by atoms with Crippen LogP contribution in [0.25, 0.3) is 0 Å². The van der Waals surface area contributed by atoms with Gasteiger partial charge in [-0.25, -0.2) is 0 Å². The lowest BCUT2D eigenvalue weighted by molar-refractivity contribution is -0.138. The molecule has 0 atom stereocenters. The second-order valence-corrected chi connectivity index (χ2v) is 7.34. The first-order valence-electron chi connectivity index (χ1n) is 9.61. The highest BCUT2D eigenvalue weighted by atomic mass is 19.4. The Balaban J connectivity index is 1.54. The van der Waals surface area contributed by atoms with Gasteiger partial charge in [-0.15, -0.1) is 0 Å². The fraction of sp³-hybridized carbons (Fsp3) is 0.240. The fourth-order valence-electron chi connectivity index (χ4n) is 3.34. The molecule has 0 heterocycles. The van der Waals surface area contributed by atoms with E-state index in [0.717, 1.165) is 18.1 Å². The van der Waals surface area contributed by atoms with Crippen molar-refractivity contribution in [2.24, 2.45) is 0 Å². The molecule has 0 aliphatic heterocycles. The summed E-state index contributed by atoms with van der Waals surface area (Å²) >= 11 is 0. The van der Waals surface area contributed by atoms with Crippen LogP contribution in [0.1, 0.15) is 39.8 Å². The zero-order valence-corrected chi connectivity index (χ0v) is 16.3. The Bertz CT molecular complexity index is 958. The monoisotopic (exact) mass is 396 g/mol. The van der Waals surface area contributed by atoms with Gasteiger partial charge in [-0.3, -0.25) is 4.79 Å². The highest BCUT2D eigenvalue weighted by Crippen LogP contribution is 2.32. The summed E-state index contributed by atoms with van der Waals surface area (Å²) in [6, 6.07) is 22.4. The third-order valence-electron chi connectivity index (χ3n) is 4.98. The maximum absolute atomic E-state index is 13.0. The topological polar surface area (TPSA) is 17.1 Å². The van der Waals surface area contributed by atoms with Crippen molar-refractivity contribution in [2.45, 2.75) is 38.8 Å². The van der Waals surface area contributed by atoms with E-state index in [1.807, 2.05) is 30.3 Å². The van der Waals surface area contributed by atoms with Crippen molar-refractivity contribution in [3.8, 4) is 0 Å².